The number of hydrogen-bond acceptors (Lipinski definition) is 2. The number of carboxylic acid groups (broad SMARTS) is 1. The summed E-state index contributed by atoms with van der Waals surface area (Å²) in [6.45, 7) is 2.51. The Hall–Kier alpha value is -2.04. The van der Waals surface area contributed by atoms with Gasteiger partial charge in [0, 0.05) is 24.1 Å². The van der Waals surface area contributed by atoms with Gasteiger partial charge in [-0.05, 0) is 25.8 Å². The molecule has 0 radical (unpaired) electrons. The Morgan fingerprint density at radius 2 is 2.33 bits per heavy atom. The van der Waals surface area contributed by atoms with Crippen LogP contribution in [0, 0.1) is 6.92 Å². The van der Waals surface area contributed by atoms with Crippen LogP contribution in [0.4, 0.5) is 0 Å². The maximum atomic E-state index is 11.0. The van der Waals surface area contributed by atoms with Crippen molar-refractivity contribution in [3.63, 3.8) is 0 Å². The summed E-state index contributed by atoms with van der Waals surface area (Å²) in [5, 5.41) is 9.03. The monoisotopic (exact) mass is 245 g/mol. The molecule has 0 atom stereocenters. The van der Waals surface area contributed by atoms with Gasteiger partial charge in [0.1, 0.15) is 0 Å². The van der Waals surface area contributed by atoms with Gasteiger partial charge in [-0.2, -0.15) is 0 Å². The minimum atomic E-state index is -0.873. The number of aromatic carboxylic acids is 1. The maximum absolute atomic E-state index is 11.0. The molecule has 1 N–H and O–H groups in total. The maximum Gasteiger partial charge on any atom is 0.337 e. The van der Waals surface area contributed by atoms with E-state index in [4.69, 9.17) is 5.11 Å². The molecule has 5 heteroatoms. The van der Waals surface area contributed by atoms with Crippen LogP contribution in [0.25, 0.3) is 0 Å². The number of imidazole rings is 1. The van der Waals surface area contributed by atoms with Crippen LogP contribution in [0.3, 0.4) is 0 Å². The van der Waals surface area contributed by atoms with Crippen LogP contribution in [-0.2, 0) is 6.54 Å². The molecule has 1 aliphatic rings. The summed E-state index contributed by atoms with van der Waals surface area (Å²) in [7, 11) is 0. The van der Waals surface area contributed by atoms with Crippen molar-refractivity contribution < 1.29 is 9.90 Å². The van der Waals surface area contributed by atoms with Crippen LogP contribution >= 0.6 is 0 Å². The first-order chi connectivity index (χ1) is 8.66. The SMILES string of the molecule is Cc1c(C(=O)O)ccn1Cc1cncn1C1CC1. The van der Waals surface area contributed by atoms with Crippen molar-refractivity contribution in [3.05, 3.63) is 41.7 Å². The molecule has 2 aromatic heterocycles. The lowest BCUT2D eigenvalue weighted by molar-refractivity contribution is 0.0696. The van der Waals surface area contributed by atoms with Crippen molar-refractivity contribution in [2.24, 2.45) is 0 Å². The van der Waals surface area contributed by atoms with Gasteiger partial charge in [0.2, 0.25) is 0 Å². The Morgan fingerprint density at radius 3 is 2.94 bits per heavy atom. The van der Waals surface area contributed by atoms with E-state index < -0.39 is 5.97 Å². The van der Waals surface area contributed by atoms with Crippen molar-refractivity contribution in [1.82, 2.24) is 14.1 Å². The molecule has 0 spiro atoms. The largest absolute Gasteiger partial charge is 0.478 e. The Labute approximate surface area is 105 Å². The molecule has 0 amide bonds. The minimum absolute atomic E-state index is 0.368. The first-order valence-corrected chi connectivity index (χ1v) is 6.06. The molecular formula is C13H15N3O2. The summed E-state index contributed by atoms with van der Waals surface area (Å²) in [5.41, 5.74) is 2.28. The van der Waals surface area contributed by atoms with Crippen molar-refractivity contribution >= 4 is 5.97 Å². The van der Waals surface area contributed by atoms with Crippen molar-refractivity contribution in [2.75, 3.05) is 0 Å². The van der Waals surface area contributed by atoms with Gasteiger partial charge in [-0.25, -0.2) is 9.78 Å². The molecule has 0 saturated heterocycles. The zero-order chi connectivity index (χ0) is 12.7. The Balaban J connectivity index is 1.88. The Bertz CT molecular complexity index is 593. The molecule has 0 aromatic carbocycles. The van der Waals surface area contributed by atoms with Gasteiger partial charge in [0.15, 0.2) is 0 Å². The number of hydrogen-bond donors (Lipinski definition) is 1. The van der Waals surface area contributed by atoms with Crippen LogP contribution in [0.5, 0.6) is 0 Å². The summed E-state index contributed by atoms with van der Waals surface area (Å²) < 4.78 is 4.15. The van der Waals surface area contributed by atoms with Gasteiger partial charge in [-0.3, -0.25) is 0 Å². The molecule has 0 bridgehead atoms. The summed E-state index contributed by atoms with van der Waals surface area (Å²) in [6, 6.07) is 2.24. The second-order valence-corrected chi connectivity index (χ2v) is 4.77. The highest BCUT2D eigenvalue weighted by molar-refractivity contribution is 5.88. The van der Waals surface area contributed by atoms with Crippen molar-refractivity contribution in [1.29, 1.82) is 0 Å². The van der Waals surface area contributed by atoms with E-state index in [0.29, 0.717) is 18.2 Å². The van der Waals surface area contributed by atoms with E-state index in [1.165, 1.54) is 12.8 Å². The summed E-state index contributed by atoms with van der Waals surface area (Å²) >= 11 is 0. The fourth-order valence-corrected chi connectivity index (χ4v) is 2.26. The van der Waals surface area contributed by atoms with E-state index in [9.17, 15) is 4.79 Å². The normalized spacial score (nSPS) is 14.9. The number of carbonyl (C=O) groups is 1. The number of nitrogens with zero attached hydrogens (tertiary/aromatic N) is 3. The zero-order valence-corrected chi connectivity index (χ0v) is 10.2. The molecule has 1 aliphatic carbocycles. The second kappa shape index (κ2) is 4.01. The summed E-state index contributed by atoms with van der Waals surface area (Å²) in [5.74, 6) is -0.873. The first-order valence-electron chi connectivity index (χ1n) is 6.06. The molecule has 5 nitrogen and oxygen atoms in total. The standard InChI is InChI=1S/C13H15N3O2/c1-9-12(13(17)18)4-5-15(9)7-11-6-14-8-16(11)10-2-3-10/h4-6,8,10H,2-3,7H2,1H3,(H,17,18). The predicted molar refractivity (Wildman–Crippen MR) is 65.7 cm³/mol. The number of carboxylic acids is 1. The molecule has 3 rings (SSSR count). The third-order valence-electron chi connectivity index (χ3n) is 3.49. The molecular weight excluding hydrogens is 230 g/mol. The third-order valence-corrected chi connectivity index (χ3v) is 3.49. The van der Waals surface area contributed by atoms with E-state index in [1.807, 2.05) is 30.2 Å². The summed E-state index contributed by atoms with van der Waals surface area (Å²) in [4.78, 5) is 15.2. The predicted octanol–water partition coefficient (Wildman–Crippen LogP) is 2.07. The second-order valence-electron chi connectivity index (χ2n) is 4.77. The van der Waals surface area contributed by atoms with E-state index in [0.717, 1.165) is 11.4 Å². The fraction of sp³-hybridized carbons (Fsp3) is 0.385. The van der Waals surface area contributed by atoms with Gasteiger partial charge in [-0.1, -0.05) is 0 Å². The first kappa shape index (κ1) is 11.1. The van der Waals surface area contributed by atoms with E-state index >= 15 is 0 Å². The number of rotatable bonds is 4. The molecule has 1 fully saturated rings. The molecule has 0 aliphatic heterocycles. The average molecular weight is 245 g/mol. The molecule has 94 valence electrons. The highest BCUT2D eigenvalue weighted by Crippen LogP contribution is 2.35. The number of aromatic nitrogens is 3. The lowest BCUT2D eigenvalue weighted by atomic mass is 10.2. The lowest BCUT2D eigenvalue weighted by Crippen LogP contribution is -2.08. The highest BCUT2D eigenvalue weighted by Gasteiger charge is 2.25. The van der Waals surface area contributed by atoms with Gasteiger partial charge < -0.3 is 14.2 Å². The van der Waals surface area contributed by atoms with Gasteiger partial charge in [0.25, 0.3) is 0 Å². The van der Waals surface area contributed by atoms with Gasteiger partial charge in [0.05, 0.1) is 24.1 Å². The van der Waals surface area contributed by atoms with Crippen LogP contribution in [-0.4, -0.2) is 25.2 Å². The Morgan fingerprint density at radius 1 is 1.56 bits per heavy atom. The molecule has 2 heterocycles. The summed E-state index contributed by atoms with van der Waals surface area (Å²) in [6.07, 6.45) is 7.98. The molecule has 18 heavy (non-hydrogen) atoms. The van der Waals surface area contributed by atoms with E-state index in [2.05, 4.69) is 9.55 Å². The minimum Gasteiger partial charge on any atom is -0.478 e. The smallest absolute Gasteiger partial charge is 0.337 e. The van der Waals surface area contributed by atoms with Crippen molar-refractivity contribution in [3.8, 4) is 0 Å². The highest BCUT2D eigenvalue weighted by atomic mass is 16.4. The Kier molecular flexibility index (Phi) is 2.47. The van der Waals surface area contributed by atoms with Crippen LogP contribution in [0.2, 0.25) is 0 Å². The van der Waals surface area contributed by atoms with Gasteiger partial charge in [-0.15, -0.1) is 0 Å². The van der Waals surface area contributed by atoms with Crippen LogP contribution in [0.15, 0.2) is 24.8 Å². The zero-order valence-electron chi connectivity index (χ0n) is 10.2. The van der Waals surface area contributed by atoms with Crippen LogP contribution in [0.1, 0.15) is 40.6 Å². The lowest BCUT2D eigenvalue weighted by Gasteiger charge is -2.09. The van der Waals surface area contributed by atoms with E-state index in [-0.39, 0.29) is 0 Å². The van der Waals surface area contributed by atoms with Crippen LogP contribution < -0.4 is 0 Å². The third kappa shape index (κ3) is 1.81. The van der Waals surface area contributed by atoms with Gasteiger partial charge >= 0.3 is 5.97 Å². The topological polar surface area (TPSA) is 60.0 Å². The molecule has 0 unspecified atom stereocenters. The average Bonchev–Trinajstić information content (AvgIpc) is 2.97. The van der Waals surface area contributed by atoms with E-state index in [1.54, 1.807) is 6.07 Å². The molecule has 2 aromatic rings. The fourth-order valence-electron chi connectivity index (χ4n) is 2.26. The quantitative estimate of drug-likeness (QED) is 0.897. The van der Waals surface area contributed by atoms with Crippen molar-refractivity contribution in [2.45, 2.75) is 32.4 Å². The molecule has 1 saturated carbocycles.